The molecule has 0 fully saturated rings. The van der Waals surface area contributed by atoms with E-state index in [1.165, 1.54) is 0 Å². The van der Waals surface area contributed by atoms with Gasteiger partial charge in [-0.25, -0.2) is 0 Å². The minimum atomic E-state index is -0.479. The third-order valence-electron chi connectivity index (χ3n) is 3.46. The van der Waals surface area contributed by atoms with E-state index in [1.54, 1.807) is 32.4 Å². The Hall–Kier alpha value is -3.09. The van der Waals surface area contributed by atoms with Crippen LogP contribution in [-0.4, -0.2) is 23.2 Å². The zero-order valence-corrected chi connectivity index (χ0v) is 13.4. The molecule has 1 aromatic carbocycles. The highest BCUT2D eigenvalue weighted by Crippen LogP contribution is 2.30. The van der Waals surface area contributed by atoms with Crippen LogP contribution in [0.5, 0.6) is 5.75 Å². The average molecular weight is 327 g/mol. The average Bonchev–Trinajstić information content (AvgIpc) is 3.24. The molecule has 7 nitrogen and oxygen atoms in total. The summed E-state index contributed by atoms with van der Waals surface area (Å²) in [5, 5.41) is 10.5. The lowest BCUT2D eigenvalue weighted by Crippen LogP contribution is -2.30. The van der Waals surface area contributed by atoms with E-state index < -0.39 is 6.04 Å². The summed E-state index contributed by atoms with van der Waals surface area (Å²) in [7, 11) is 1.58. The summed E-state index contributed by atoms with van der Waals surface area (Å²) in [6.45, 7) is 1.68. The van der Waals surface area contributed by atoms with Gasteiger partial charge >= 0.3 is 0 Å². The van der Waals surface area contributed by atoms with Gasteiger partial charge in [0.25, 0.3) is 0 Å². The predicted octanol–water partition coefficient (Wildman–Crippen LogP) is 2.43. The standard InChI is InChI=1S/C17H17N3O4/c1-11-19-20-16(24-11)10-15(21)18-17(14-8-5-9-23-14)12-6-3-4-7-13(12)22-2/h3-9,17H,10H2,1-2H3,(H,18,21). The van der Waals surface area contributed by atoms with Crippen molar-refractivity contribution in [3.05, 3.63) is 65.8 Å². The Morgan fingerprint density at radius 3 is 2.75 bits per heavy atom. The highest BCUT2D eigenvalue weighted by molar-refractivity contribution is 5.78. The van der Waals surface area contributed by atoms with Crippen LogP contribution < -0.4 is 10.1 Å². The second kappa shape index (κ2) is 6.99. The monoisotopic (exact) mass is 327 g/mol. The molecule has 3 rings (SSSR count). The molecule has 0 aliphatic heterocycles. The van der Waals surface area contributed by atoms with E-state index in [9.17, 15) is 4.79 Å². The quantitative estimate of drug-likeness (QED) is 0.748. The smallest absolute Gasteiger partial charge is 0.230 e. The van der Waals surface area contributed by atoms with Crippen molar-refractivity contribution >= 4 is 5.91 Å². The number of aryl methyl sites for hydroxylation is 1. The molecule has 7 heteroatoms. The molecule has 24 heavy (non-hydrogen) atoms. The van der Waals surface area contributed by atoms with Crippen LogP contribution in [0.4, 0.5) is 0 Å². The van der Waals surface area contributed by atoms with Crippen LogP contribution in [0.25, 0.3) is 0 Å². The zero-order valence-electron chi connectivity index (χ0n) is 13.4. The summed E-state index contributed by atoms with van der Waals surface area (Å²) in [4.78, 5) is 12.4. The van der Waals surface area contributed by atoms with Gasteiger partial charge in [0.05, 0.1) is 13.4 Å². The maximum Gasteiger partial charge on any atom is 0.230 e. The summed E-state index contributed by atoms with van der Waals surface area (Å²) < 4.78 is 16.1. The zero-order chi connectivity index (χ0) is 16.9. The lowest BCUT2D eigenvalue weighted by atomic mass is 10.0. The number of nitrogens with zero attached hydrogens (tertiary/aromatic N) is 2. The number of aromatic nitrogens is 2. The number of nitrogens with one attached hydrogen (secondary N) is 1. The van der Waals surface area contributed by atoms with Crippen molar-refractivity contribution in [3.63, 3.8) is 0 Å². The topological polar surface area (TPSA) is 90.4 Å². The SMILES string of the molecule is COc1ccccc1C(NC(=O)Cc1nnc(C)o1)c1ccco1. The first-order valence-electron chi connectivity index (χ1n) is 7.42. The normalized spacial score (nSPS) is 11.9. The fourth-order valence-corrected chi connectivity index (χ4v) is 2.42. The van der Waals surface area contributed by atoms with E-state index in [4.69, 9.17) is 13.6 Å². The van der Waals surface area contributed by atoms with Crippen molar-refractivity contribution in [1.29, 1.82) is 0 Å². The van der Waals surface area contributed by atoms with Gasteiger partial charge in [-0.05, 0) is 18.2 Å². The van der Waals surface area contributed by atoms with E-state index in [2.05, 4.69) is 15.5 Å². The molecule has 1 unspecified atom stereocenters. The molecular formula is C17H17N3O4. The second-order valence-corrected chi connectivity index (χ2v) is 5.15. The molecule has 2 heterocycles. The van der Waals surface area contributed by atoms with Crippen molar-refractivity contribution in [2.45, 2.75) is 19.4 Å². The van der Waals surface area contributed by atoms with Crippen LogP contribution in [0.15, 0.2) is 51.5 Å². The summed E-state index contributed by atoms with van der Waals surface area (Å²) >= 11 is 0. The highest BCUT2D eigenvalue weighted by Gasteiger charge is 2.23. The number of para-hydroxylation sites is 1. The second-order valence-electron chi connectivity index (χ2n) is 5.15. The van der Waals surface area contributed by atoms with Gasteiger partial charge in [-0.2, -0.15) is 0 Å². The summed E-state index contributed by atoms with van der Waals surface area (Å²) in [6, 6.07) is 10.5. The van der Waals surface area contributed by atoms with Gasteiger partial charge in [0.1, 0.15) is 24.0 Å². The Morgan fingerprint density at radius 1 is 1.25 bits per heavy atom. The van der Waals surface area contributed by atoms with Crippen molar-refractivity contribution in [2.24, 2.45) is 0 Å². The van der Waals surface area contributed by atoms with E-state index in [-0.39, 0.29) is 18.2 Å². The number of methoxy groups -OCH3 is 1. The molecule has 124 valence electrons. The van der Waals surface area contributed by atoms with Crippen LogP contribution in [-0.2, 0) is 11.2 Å². The van der Waals surface area contributed by atoms with Crippen molar-refractivity contribution in [2.75, 3.05) is 7.11 Å². The first kappa shape index (κ1) is 15.8. The van der Waals surface area contributed by atoms with E-state index in [1.807, 2.05) is 24.3 Å². The molecule has 1 amide bonds. The number of hydrogen-bond acceptors (Lipinski definition) is 6. The van der Waals surface area contributed by atoms with Crippen LogP contribution in [0.2, 0.25) is 0 Å². The number of amides is 1. The summed E-state index contributed by atoms with van der Waals surface area (Å²) in [6.07, 6.45) is 1.55. The van der Waals surface area contributed by atoms with Crippen LogP contribution in [0.3, 0.4) is 0 Å². The number of hydrogen-bond donors (Lipinski definition) is 1. The molecule has 1 N–H and O–H groups in total. The minimum Gasteiger partial charge on any atom is -0.496 e. The third kappa shape index (κ3) is 3.45. The molecule has 0 aliphatic carbocycles. The number of carbonyl (C=O) groups excluding carboxylic acids is 1. The fourth-order valence-electron chi connectivity index (χ4n) is 2.42. The van der Waals surface area contributed by atoms with Crippen molar-refractivity contribution in [1.82, 2.24) is 15.5 Å². The summed E-state index contributed by atoms with van der Waals surface area (Å²) in [5.74, 6) is 1.70. The number of rotatable bonds is 6. The van der Waals surface area contributed by atoms with Gasteiger partial charge < -0.3 is 18.9 Å². The van der Waals surface area contributed by atoms with Gasteiger partial charge in [-0.3, -0.25) is 4.79 Å². The number of ether oxygens (including phenoxy) is 1. The Morgan fingerprint density at radius 2 is 2.08 bits per heavy atom. The molecule has 0 aliphatic rings. The van der Waals surface area contributed by atoms with E-state index >= 15 is 0 Å². The molecule has 0 bridgehead atoms. The van der Waals surface area contributed by atoms with Gasteiger partial charge in [0.15, 0.2) is 0 Å². The van der Waals surface area contributed by atoms with Crippen LogP contribution in [0.1, 0.15) is 29.1 Å². The lowest BCUT2D eigenvalue weighted by Gasteiger charge is -2.19. The van der Waals surface area contributed by atoms with Gasteiger partial charge in [0.2, 0.25) is 17.7 Å². The van der Waals surface area contributed by atoms with Gasteiger partial charge in [-0.15, -0.1) is 10.2 Å². The Balaban J connectivity index is 1.84. The maximum atomic E-state index is 12.4. The molecule has 0 saturated heterocycles. The molecule has 0 saturated carbocycles. The predicted molar refractivity (Wildman–Crippen MR) is 84.4 cm³/mol. The molecule has 3 aromatic rings. The van der Waals surface area contributed by atoms with E-state index in [0.717, 1.165) is 5.56 Å². The number of benzene rings is 1. The summed E-state index contributed by atoms with van der Waals surface area (Å²) in [5.41, 5.74) is 0.796. The first-order valence-corrected chi connectivity index (χ1v) is 7.42. The first-order chi connectivity index (χ1) is 11.7. The molecule has 2 aromatic heterocycles. The molecule has 1 atom stereocenters. The fraction of sp³-hybridized carbons (Fsp3) is 0.235. The molecular weight excluding hydrogens is 310 g/mol. The van der Waals surface area contributed by atoms with Crippen molar-refractivity contribution in [3.8, 4) is 5.75 Å². The third-order valence-corrected chi connectivity index (χ3v) is 3.46. The molecule has 0 spiro atoms. The van der Waals surface area contributed by atoms with Crippen LogP contribution in [0, 0.1) is 6.92 Å². The lowest BCUT2D eigenvalue weighted by molar-refractivity contribution is -0.121. The van der Waals surface area contributed by atoms with Crippen molar-refractivity contribution < 1.29 is 18.4 Å². The van der Waals surface area contributed by atoms with E-state index in [0.29, 0.717) is 17.4 Å². The van der Waals surface area contributed by atoms with Gasteiger partial charge in [0, 0.05) is 12.5 Å². The Labute approximate surface area is 138 Å². The highest BCUT2D eigenvalue weighted by atomic mass is 16.5. The minimum absolute atomic E-state index is 0.00675. The Kier molecular flexibility index (Phi) is 4.60. The van der Waals surface area contributed by atoms with Crippen LogP contribution >= 0.6 is 0 Å². The van der Waals surface area contributed by atoms with Gasteiger partial charge in [-0.1, -0.05) is 18.2 Å². The Bertz CT molecular complexity index is 811. The largest absolute Gasteiger partial charge is 0.496 e. The number of carbonyl (C=O) groups is 1. The maximum absolute atomic E-state index is 12.4. The molecule has 0 radical (unpaired) electrons. The number of furan rings is 1.